The van der Waals surface area contributed by atoms with E-state index in [1.54, 1.807) is 20.3 Å². The van der Waals surface area contributed by atoms with Crippen molar-refractivity contribution in [2.45, 2.75) is 19.5 Å². The van der Waals surface area contributed by atoms with Crippen molar-refractivity contribution in [3.63, 3.8) is 0 Å². The first-order chi connectivity index (χ1) is 14.5. The van der Waals surface area contributed by atoms with E-state index in [2.05, 4.69) is 10.6 Å². The fraction of sp³-hybridized carbons (Fsp3) is 0.208. The van der Waals surface area contributed by atoms with E-state index >= 15 is 0 Å². The first-order valence-corrected chi connectivity index (χ1v) is 9.96. The first kappa shape index (κ1) is 21.7. The third-order valence-corrected chi connectivity index (χ3v) is 5.20. The number of benzene rings is 3. The van der Waals surface area contributed by atoms with Crippen LogP contribution in [0.25, 0.3) is 0 Å². The highest BCUT2D eigenvalue weighted by atomic mass is 35.5. The van der Waals surface area contributed by atoms with Gasteiger partial charge in [0.05, 0.1) is 14.2 Å². The first-order valence-electron chi connectivity index (χ1n) is 9.58. The molecule has 0 saturated heterocycles. The van der Waals surface area contributed by atoms with Gasteiger partial charge in [0.2, 0.25) is 5.91 Å². The molecule has 156 valence electrons. The third-order valence-electron chi connectivity index (χ3n) is 4.79. The molecule has 0 bridgehead atoms. The average Bonchev–Trinajstić information content (AvgIpc) is 2.77. The summed E-state index contributed by atoms with van der Waals surface area (Å²) in [6.45, 7) is 2.40. The van der Waals surface area contributed by atoms with E-state index in [1.165, 1.54) is 0 Å². The molecule has 0 fully saturated rings. The zero-order valence-corrected chi connectivity index (χ0v) is 18.0. The molecule has 2 N–H and O–H groups in total. The van der Waals surface area contributed by atoms with Gasteiger partial charge in [-0.1, -0.05) is 54.1 Å². The Morgan fingerprint density at radius 2 is 1.70 bits per heavy atom. The summed E-state index contributed by atoms with van der Waals surface area (Å²) >= 11 is 6.20. The summed E-state index contributed by atoms with van der Waals surface area (Å²) in [4.78, 5) is 13.1. The van der Waals surface area contributed by atoms with E-state index in [1.807, 2.05) is 67.6 Å². The van der Waals surface area contributed by atoms with E-state index in [-0.39, 0.29) is 5.91 Å². The molecule has 0 aliphatic heterocycles. The third kappa shape index (κ3) is 5.32. The lowest BCUT2D eigenvalue weighted by atomic mass is 10.1. The zero-order valence-electron chi connectivity index (χ0n) is 17.2. The smallest absolute Gasteiger partial charge is 0.246 e. The van der Waals surface area contributed by atoms with Gasteiger partial charge in [0.25, 0.3) is 0 Å². The van der Waals surface area contributed by atoms with Crippen LogP contribution in [-0.4, -0.2) is 20.1 Å². The molecule has 1 unspecified atom stereocenters. The molecule has 3 aromatic carbocycles. The molecule has 0 radical (unpaired) electrons. The van der Waals surface area contributed by atoms with Crippen molar-refractivity contribution in [2.24, 2.45) is 0 Å². The number of anilines is 1. The van der Waals surface area contributed by atoms with Crippen LogP contribution in [0, 0.1) is 6.92 Å². The quantitative estimate of drug-likeness (QED) is 0.526. The van der Waals surface area contributed by atoms with Crippen LogP contribution in [0.15, 0.2) is 66.7 Å². The van der Waals surface area contributed by atoms with Crippen molar-refractivity contribution in [3.8, 4) is 11.5 Å². The molecule has 3 aromatic rings. The number of hydrogen-bond donors (Lipinski definition) is 2. The molecule has 0 saturated carbocycles. The number of ether oxygens (including phenoxy) is 2. The summed E-state index contributed by atoms with van der Waals surface area (Å²) in [7, 11) is 3.20. The van der Waals surface area contributed by atoms with Crippen LogP contribution in [0.3, 0.4) is 0 Å². The van der Waals surface area contributed by atoms with Crippen LogP contribution in [0.2, 0.25) is 5.02 Å². The van der Waals surface area contributed by atoms with Crippen LogP contribution < -0.4 is 20.1 Å². The summed E-state index contributed by atoms with van der Waals surface area (Å²) in [5.74, 6) is 1.14. The molecular weight excluding hydrogens is 400 g/mol. The maximum absolute atomic E-state index is 13.1. The maximum Gasteiger partial charge on any atom is 0.246 e. The lowest BCUT2D eigenvalue weighted by molar-refractivity contribution is -0.118. The highest BCUT2D eigenvalue weighted by Crippen LogP contribution is 2.28. The Balaban J connectivity index is 1.79. The summed E-state index contributed by atoms with van der Waals surface area (Å²) < 4.78 is 10.7. The number of nitrogens with one attached hydrogen (secondary N) is 2. The van der Waals surface area contributed by atoms with Crippen LogP contribution >= 0.6 is 11.6 Å². The van der Waals surface area contributed by atoms with E-state index in [0.717, 1.165) is 16.7 Å². The van der Waals surface area contributed by atoms with Gasteiger partial charge >= 0.3 is 0 Å². The Hall–Kier alpha value is -3.02. The van der Waals surface area contributed by atoms with E-state index in [9.17, 15) is 4.79 Å². The molecule has 1 amide bonds. The fourth-order valence-electron chi connectivity index (χ4n) is 3.10. The van der Waals surface area contributed by atoms with Crippen LogP contribution in [0.4, 0.5) is 5.69 Å². The van der Waals surface area contributed by atoms with Crippen molar-refractivity contribution in [3.05, 3.63) is 88.4 Å². The monoisotopic (exact) mass is 424 g/mol. The highest BCUT2D eigenvalue weighted by Gasteiger charge is 2.20. The number of carbonyl (C=O) groups excluding carboxylic acids is 1. The van der Waals surface area contributed by atoms with Crippen molar-refractivity contribution >= 4 is 23.2 Å². The topological polar surface area (TPSA) is 59.6 Å². The molecule has 0 spiro atoms. The van der Waals surface area contributed by atoms with Gasteiger partial charge in [0.1, 0.15) is 6.04 Å². The molecule has 0 heterocycles. The van der Waals surface area contributed by atoms with E-state index in [4.69, 9.17) is 21.1 Å². The normalized spacial score (nSPS) is 11.6. The highest BCUT2D eigenvalue weighted by molar-refractivity contribution is 6.31. The molecule has 5 nitrogen and oxygen atoms in total. The van der Waals surface area contributed by atoms with Gasteiger partial charge in [-0.2, -0.15) is 0 Å². The number of methoxy groups -OCH3 is 2. The Bertz CT molecular complexity index is 1010. The maximum atomic E-state index is 13.1. The second kappa shape index (κ2) is 10.1. The standard InChI is InChI=1S/C24H25ClN2O3/c1-16-9-11-19(14-20(16)25)27-24(28)23(18-7-5-4-6-8-18)26-15-17-10-12-21(29-2)22(13-17)30-3/h4-14,23,26H,15H2,1-3H3,(H,27,28). The van der Waals surface area contributed by atoms with Gasteiger partial charge < -0.3 is 14.8 Å². The van der Waals surface area contributed by atoms with Gasteiger partial charge in [-0.15, -0.1) is 0 Å². The Morgan fingerprint density at radius 1 is 0.967 bits per heavy atom. The Kier molecular flexibility index (Phi) is 7.33. The molecule has 6 heteroatoms. The Labute approximate surface area is 182 Å². The van der Waals surface area contributed by atoms with Gasteiger partial charge in [-0.25, -0.2) is 0 Å². The number of hydrogen-bond acceptors (Lipinski definition) is 4. The summed E-state index contributed by atoms with van der Waals surface area (Å²) in [5.41, 5.74) is 3.46. The minimum atomic E-state index is -0.542. The minimum absolute atomic E-state index is 0.165. The van der Waals surface area contributed by atoms with Crippen molar-refractivity contribution in [1.29, 1.82) is 0 Å². The molecule has 30 heavy (non-hydrogen) atoms. The summed E-state index contributed by atoms with van der Waals surface area (Å²) in [6, 6.07) is 20.2. The lowest BCUT2D eigenvalue weighted by Gasteiger charge is -2.20. The predicted octanol–water partition coefficient (Wildman–Crippen LogP) is 5.14. The van der Waals surface area contributed by atoms with Crippen molar-refractivity contribution in [2.75, 3.05) is 19.5 Å². The van der Waals surface area contributed by atoms with Crippen LogP contribution in [-0.2, 0) is 11.3 Å². The molecular formula is C24H25ClN2O3. The second-order valence-electron chi connectivity index (χ2n) is 6.87. The predicted molar refractivity (Wildman–Crippen MR) is 120 cm³/mol. The minimum Gasteiger partial charge on any atom is -0.493 e. The number of carbonyl (C=O) groups is 1. The largest absolute Gasteiger partial charge is 0.493 e. The van der Waals surface area contributed by atoms with Crippen molar-refractivity contribution in [1.82, 2.24) is 5.32 Å². The number of rotatable bonds is 8. The van der Waals surface area contributed by atoms with Gasteiger partial charge in [-0.3, -0.25) is 10.1 Å². The number of aryl methyl sites for hydroxylation is 1. The van der Waals surface area contributed by atoms with Gasteiger partial charge in [0, 0.05) is 17.3 Å². The molecule has 0 aromatic heterocycles. The number of amides is 1. The summed E-state index contributed by atoms with van der Waals surface area (Å²) in [6.07, 6.45) is 0. The van der Waals surface area contributed by atoms with E-state index in [0.29, 0.717) is 28.8 Å². The number of halogens is 1. The van der Waals surface area contributed by atoms with E-state index < -0.39 is 6.04 Å². The zero-order chi connectivity index (χ0) is 21.5. The second-order valence-corrected chi connectivity index (χ2v) is 7.27. The fourth-order valence-corrected chi connectivity index (χ4v) is 3.28. The van der Waals surface area contributed by atoms with Crippen molar-refractivity contribution < 1.29 is 14.3 Å². The molecule has 1 atom stereocenters. The average molecular weight is 425 g/mol. The van der Waals surface area contributed by atoms with Gasteiger partial charge in [0.15, 0.2) is 11.5 Å². The molecule has 0 aliphatic rings. The molecule has 3 rings (SSSR count). The SMILES string of the molecule is COc1ccc(CNC(C(=O)Nc2ccc(C)c(Cl)c2)c2ccccc2)cc1OC. The summed E-state index contributed by atoms with van der Waals surface area (Å²) in [5, 5.41) is 6.91. The molecule has 0 aliphatic carbocycles. The Morgan fingerprint density at radius 3 is 2.37 bits per heavy atom. The lowest BCUT2D eigenvalue weighted by Crippen LogP contribution is -2.32. The van der Waals surface area contributed by atoms with Gasteiger partial charge in [-0.05, 0) is 47.9 Å². The van der Waals surface area contributed by atoms with Crippen LogP contribution in [0.5, 0.6) is 11.5 Å². The van der Waals surface area contributed by atoms with Crippen LogP contribution in [0.1, 0.15) is 22.7 Å².